The predicted molar refractivity (Wildman–Crippen MR) is 85.6 cm³/mol. The third kappa shape index (κ3) is 5.43. The zero-order valence-corrected chi connectivity index (χ0v) is 14.1. The van der Waals surface area contributed by atoms with E-state index in [9.17, 15) is 0 Å². The minimum Gasteiger partial charge on any atom is -0.312 e. The van der Waals surface area contributed by atoms with Crippen molar-refractivity contribution in [2.45, 2.75) is 79.3 Å². The highest BCUT2D eigenvalue weighted by molar-refractivity contribution is 4.83. The van der Waals surface area contributed by atoms with Crippen molar-refractivity contribution in [3.63, 3.8) is 0 Å². The second kappa shape index (κ2) is 7.64. The molecule has 1 aliphatic rings. The minimum absolute atomic E-state index is 0.489. The van der Waals surface area contributed by atoms with Crippen LogP contribution in [0.5, 0.6) is 0 Å². The fourth-order valence-corrected chi connectivity index (χ4v) is 3.25. The van der Waals surface area contributed by atoms with Gasteiger partial charge in [0.25, 0.3) is 0 Å². The predicted octanol–water partition coefficient (Wildman–Crippen LogP) is 3.91. The first-order valence-electron chi connectivity index (χ1n) is 8.35. The topological polar surface area (TPSA) is 15.3 Å². The van der Waals surface area contributed by atoms with Crippen LogP contribution in [-0.4, -0.2) is 36.6 Å². The molecule has 1 atom stereocenters. The second-order valence-corrected chi connectivity index (χ2v) is 7.45. The van der Waals surface area contributed by atoms with Crippen LogP contribution in [0, 0.1) is 11.3 Å². The summed E-state index contributed by atoms with van der Waals surface area (Å²) in [5.41, 5.74) is 0.489. The molecule has 1 saturated heterocycles. The van der Waals surface area contributed by atoms with E-state index < -0.39 is 0 Å². The summed E-state index contributed by atoms with van der Waals surface area (Å²) in [7, 11) is 0. The highest BCUT2D eigenvalue weighted by Crippen LogP contribution is 2.34. The molecule has 0 amide bonds. The Hall–Kier alpha value is -0.0800. The normalized spacial score (nSPS) is 21.0. The molecule has 1 fully saturated rings. The monoisotopic (exact) mass is 268 g/mol. The van der Waals surface area contributed by atoms with Gasteiger partial charge in [-0.25, -0.2) is 0 Å². The summed E-state index contributed by atoms with van der Waals surface area (Å²) < 4.78 is 0. The van der Waals surface area contributed by atoms with E-state index in [1.54, 1.807) is 0 Å². The lowest BCUT2D eigenvalue weighted by molar-refractivity contribution is 0.0864. The van der Waals surface area contributed by atoms with Crippen molar-refractivity contribution in [1.29, 1.82) is 0 Å². The Labute approximate surface area is 121 Å². The molecule has 0 aromatic rings. The molecule has 1 N–H and O–H groups in total. The molecule has 0 aromatic heterocycles. The Morgan fingerprint density at radius 1 is 1.11 bits per heavy atom. The van der Waals surface area contributed by atoms with Crippen LogP contribution in [0.25, 0.3) is 0 Å². The van der Waals surface area contributed by atoms with E-state index in [2.05, 4.69) is 51.8 Å². The van der Waals surface area contributed by atoms with Gasteiger partial charge in [-0.3, -0.25) is 4.90 Å². The summed E-state index contributed by atoms with van der Waals surface area (Å²) >= 11 is 0. The van der Waals surface area contributed by atoms with Gasteiger partial charge < -0.3 is 5.32 Å². The summed E-state index contributed by atoms with van der Waals surface area (Å²) in [5.74, 6) is 0.906. The average molecular weight is 268 g/mol. The highest BCUT2D eigenvalue weighted by Gasteiger charge is 2.30. The van der Waals surface area contributed by atoms with Crippen molar-refractivity contribution in [3.05, 3.63) is 0 Å². The SMILES string of the molecule is CCC(CC)NCC(C)N1CCC(C(C)(C)C)CC1. The summed E-state index contributed by atoms with van der Waals surface area (Å²) in [6, 6.07) is 1.39. The van der Waals surface area contributed by atoms with Gasteiger partial charge in [0.15, 0.2) is 0 Å². The number of hydrogen-bond acceptors (Lipinski definition) is 2. The molecule has 2 heteroatoms. The van der Waals surface area contributed by atoms with Crippen LogP contribution >= 0.6 is 0 Å². The second-order valence-electron chi connectivity index (χ2n) is 7.45. The summed E-state index contributed by atoms with van der Waals surface area (Å²) in [6.07, 6.45) is 5.24. The first-order valence-corrected chi connectivity index (χ1v) is 8.35. The third-order valence-electron chi connectivity index (χ3n) is 5.07. The van der Waals surface area contributed by atoms with Gasteiger partial charge in [-0.15, -0.1) is 0 Å². The molecule has 114 valence electrons. The molecular formula is C17H36N2. The van der Waals surface area contributed by atoms with Gasteiger partial charge in [0.05, 0.1) is 0 Å². The number of nitrogens with one attached hydrogen (secondary N) is 1. The van der Waals surface area contributed by atoms with Crippen molar-refractivity contribution in [2.75, 3.05) is 19.6 Å². The Balaban J connectivity index is 2.30. The quantitative estimate of drug-likeness (QED) is 0.785. The molecule has 19 heavy (non-hydrogen) atoms. The maximum atomic E-state index is 3.72. The Morgan fingerprint density at radius 3 is 2.05 bits per heavy atom. The van der Waals surface area contributed by atoms with Crippen LogP contribution in [-0.2, 0) is 0 Å². The molecular weight excluding hydrogens is 232 g/mol. The van der Waals surface area contributed by atoms with Gasteiger partial charge in [0.1, 0.15) is 0 Å². The van der Waals surface area contributed by atoms with E-state index in [-0.39, 0.29) is 0 Å². The lowest BCUT2D eigenvalue weighted by Crippen LogP contribution is -2.47. The summed E-state index contributed by atoms with van der Waals surface area (Å²) in [5, 5.41) is 3.72. The Bertz CT molecular complexity index is 232. The summed E-state index contributed by atoms with van der Waals surface area (Å²) in [4.78, 5) is 2.68. The lowest BCUT2D eigenvalue weighted by atomic mass is 9.75. The lowest BCUT2D eigenvalue weighted by Gasteiger charge is -2.41. The van der Waals surface area contributed by atoms with Crippen LogP contribution in [0.3, 0.4) is 0 Å². The van der Waals surface area contributed by atoms with Crippen LogP contribution in [0.1, 0.15) is 67.2 Å². The van der Waals surface area contributed by atoms with Gasteiger partial charge in [-0.05, 0) is 57.0 Å². The first-order chi connectivity index (χ1) is 8.88. The van der Waals surface area contributed by atoms with Crippen LogP contribution in [0.4, 0.5) is 0 Å². The van der Waals surface area contributed by atoms with Crippen molar-refractivity contribution < 1.29 is 0 Å². The zero-order chi connectivity index (χ0) is 14.5. The first kappa shape index (κ1) is 17.0. The number of piperidine rings is 1. The summed E-state index contributed by atoms with van der Waals surface area (Å²) in [6.45, 7) is 17.8. The standard InChI is InChI=1S/C17H36N2/c1-7-16(8-2)18-13-14(3)19-11-9-15(10-12-19)17(4,5)6/h14-16,18H,7-13H2,1-6H3. The molecule has 0 aliphatic carbocycles. The van der Waals surface area contributed by atoms with Crippen LogP contribution < -0.4 is 5.32 Å². The molecule has 0 spiro atoms. The molecule has 1 aliphatic heterocycles. The van der Waals surface area contributed by atoms with Crippen LogP contribution in [0.2, 0.25) is 0 Å². The van der Waals surface area contributed by atoms with Gasteiger partial charge in [0, 0.05) is 18.6 Å². The molecule has 1 rings (SSSR count). The van der Waals surface area contributed by atoms with E-state index in [0.717, 1.165) is 12.5 Å². The zero-order valence-electron chi connectivity index (χ0n) is 14.1. The van der Waals surface area contributed by atoms with E-state index >= 15 is 0 Å². The van der Waals surface area contributed by atoms with Crippen molar-refractivity contribution in [1.82, 2.24) is 10.2 Å². The smallest absolute Gasteiger partial charge is 0.0192 e. The van der Waals surface area contributed by atoms with Gasteiger partial charge in [0.2, 0.25) is 0 Å². The molecule has 0 saturated carbocycles. The van der Waals surface area contributed by atoms with Crippen LogP contribution in [0.15, 0.2) is 0 Å². The Morgan fingerprint density at radius 2 is 1.63 bits per heavy atom. The maximum absolute atomic E-state index is 3.72. The van der Waals surface area contributed by atoms with Crippen molar-refractivity contribution in [3.8, 4) is 0 Å². The fourth-order valence-electron chi connectivity index (χ4n) is 3.25. The average Bonchev–Trinajstić information content (AvgIpc) is 2.39. The van der Waals surface area contributed by atoms with Crippen molar-refractivity contribution in [2.24, 2.45) is 11.3 Å². The van der Waals surface area contributed by atoms with Gasteiger partial charge >= 0.3 is 0 Å². The maximum Gasteiger partial charge on any atom is 0.0192 e. The van der Waals surface area contributed by atoms with E-state index in [1.165, 1.54) is 38.8 Å². The Kier molecular flexibility index (Phi) is 6.82. The molecule has 2 nitrogen and oxygen atoms in total. The fraction of sp³-hybridized carbons (Fsp3) is 1.00. The number of likely N-dealkylation sites (tertiary alicyclic amines) is 1. The van der Waals surface area contributed by atoms with E-state index in [0.29, 0.717) is 17.5 Å². The largest absolute Gasteiger partial charge is 0.312 e. The third-order valence-corrected chi connectivity index (χ3v) is 5.07. The molecule has 0 bridgehead atoms. The highest BCUT2D eigenvalue weighted by atomic mass is 15.2. The van der Waals surface area contributed by atoms with E-state index in [4.69, 9.17) is 0 Å². The number of nitrogens with zero attached hydrogens (tertiary/aromatic N) is 1. The molecule has 0 aromatic carbocycles. The number of hydrogen-bond donors (Lipinski definition) is 1. The van der Waals surface area contributed by atoms with Crippen molar-refractivity contribution >= 4 is 0 Å². The molecule has 1 heterocycles. The minimum atomic E-state index is 0.489. The van der Waals surface area contributed by atoms with E-state index in [1.807, 2.05) is 0 Å². The molecule has 1 unspecified atom stereocenters. The number of rotatable bonds is 6. The van der Waals surface area contributed by atoms with Gasteiger partial charge in [-0.1, -0.05) is 34.6 Å². The van der Waals surface area contributed by atoms with Gasteiger partial charge in [-0.2, -0.15) is 0 Å². The molecule has 0 radical (unpaired) electrons.